The van der Waals surface area contributed by atoms with Crippen LogP contribution in [0.3, 0.4) is 0 Å². The molecule has 1 aromatic carbocycles. The summed E-state index contributed by atoms with van der Waals surface area (Å²) in [5.74, 6) is -1.50. The number of hydrogen-bond donors (Lipinski definition) is 3. The molecular formula is C22H31F3N4O. The zero-order valence-electron chi connectivity index (χ0n) is 17.4. The number of nitrogens with one attached hydrogen (secondary N) is 2. The van der Waals surface area contributed by atoms with Crippen molar-refractivity contribution in [3.8, 4) is 0 Å². The molecule has 1 heterocycles. The number of anilines is 3. The summed E-state index contributed by atoms with van der Waals surface area (Å²) in [4.78, 5) is 15.4. The van der Waals surface area contributed by atoms with Gasteiger partial charge in [0.25, 0.3) is 5.91 Å². The summed E-state index contributed by atoms with van der Waals surface area (Å²) in [6.45, 7) is 1.81. The van der Waals surface area contributed by atoms with Gasteiger partial charge in [-0.05, 0) is 68.9 Å². The number of amides is 1. The highest BCUT2D eigenvalue weighted by Crippen LogP contribution is 2.54. The number of carbonyl (C=O) groups excluding carboxylic acids is 1. The van der Waals surface area contributed by atoms with Gasteiger partial charge in [0, 0.05) is 26.2 Å². The van der Waals surface area contributed by atoms with Crippen LogP contribution in [0, 0.1) is 11.3 Å². The molecule has 0 aromatic heterocycles. The van der Waals surface area contributed by atoms with Crippen LogP contribution in [0.25, 0.3) is 0 Å². The first-order valence-corrected chi connectivity index (χ1v) is 10.9. The van der Waals surface area contributed by atoms with E-state index < -0.39 is 12.1 Å². The van der Waals surface area contributed by atoms with E-state index in [1.54, 1.807) is 13.1 Å². The van der Waals surface area contributed by atoms with Crippen LogP contribution >= 0.6 is 0 Å². The Morgan fingerprint density at radius 3 is 2.27 bits per heavy atom. The second kappa shape index (κ2) is 7.85. The Kier molecular flexibility index (Phi) is 5.53. The van der Waals surface area contributed by atoms with Crippen molar-refractivity contribution in [3.05, 3.63) is 17.7 Å². The zero-order chi connectivity index (χ0) is 21.5. The van der Waals surface area contributed by atoms with E-state index in [9.17, 15) is 18.0 Å². The Morgan fingerprint density at radius 1 is 1.10 bits per heavy atom. The van der Waals surface area contributed by atoms with Crippen LogP contribution in [0.1, 0.15) is 61.7 Å². The van der Waals surface area contributed by atoms with Gasteiger partial charge in [-0.15, -0.1) is 0 Å². The molecule has 0 radical (unpaired) electrons. The van der Waals surface area contributed by atoms with Crippen molar-refractivity contribution in [2.45, 2.75) is 63.6 Å². The number of piperidine rings is 1. The quantitative estimate of drug-likeness (QED) is 0.621. The average molecular weight is 425 g/mol. The molecular weight excluding hydrogens is 393 g/mol. The van der Waals surface area contributed by atoms with Gasteiger partial charge >= 0.3 is 6.18 Å². The number of halogens is 3. The standard InChI is InChI=1S/C22H31F3N4O/c1-27-18-13-19(29-10-8-21(6-7-21)9-11-29)16(12-17(18)26)20(30)28-15-4-2-14(3-5-15)22(23,24)25/h12-15,27H,2-11,26H2,1H3,(H,28,30)/t14-,15-. The number of nitrogen functional groups attached to an aromatic ring is 1. The molecule has 1 saturated heterocycles. The molecule has 0 unspecified atom stereocenters. The number of carbonyl (C=O) groups is 1. The van der Waals surface area contributed by atoms with E-state index >= 15 is 0 Å². The first kappa shape index (κ1) is 21.1. The lowest BCUT2D eigenvalue weighted by Crippen LogP contribution is -2.41. The average Bonchev–Trinajstić information content (AvgIpc) is 3.47. The molecule has 3 fully saturated rings. The molecule has 0 bridgehead atoms. The van der Waals surface area contributed by atoms with Crippen LogP contribution < -0.4 is 21.3 Å². The third kappa shape index (κ3) is 4.32. The van der Waals surface area contributed by atoms with Crippen LogP contribution in [-0.2, 0) is 0 Å². The smallest absolute Gasteiger partial charge is 0.391 e. The van der Waals surface area contributed by atoms with Crippen molar-refractivity contribution in [2.75, 3.05) is 36.1 Å². The maximum atomic E-state index is 13.1. The van der Waals surface area contributed by atoms with Crippen molar-refractivity contribution < 1.29 is 18.0 Å². The van der Waals surface area contributed by atoms with Gasteiger partial charge in [0.2, 0.25) is 0 Å². The highest BCUT2D eigenvalue weighted by Gasteiger charge is 2.45. The molecule has 2 saturated carbocycles. The summed E-state index contributed by atoms with van der Waals surface area (Å²) in [5, 5.41) is 6.05. The number of hydrogen-bond acceptors (Lipinski definition) is 4. The maximum Gasteiger partial charge on any atom is 0.391 e. The lowest BCUT2D eigenvalue weighted by atomic mass is 9.85. The predicted molar refractivity (Wildman–Crippen MR) is 113 cm³/mol. The van der Waals surface area contributed by atoms with Crippen LogP contribution in [0.5, 0.6) is 0 Å². The Labute approximate surface area is 175 Å². The Hall–Kier alpha value is -2.12. The number of alkyl halides is 3. The van der Waals surface area contributed by atoms with E-state index in [1.165, 1.54) is 12.8 Å². The SMILES string of the molecule is CNc1cc(N2CCC3(CC2)CC3)c(C(=O)N[C@H]2CC[C@H](C(F)(F)F)CC2)cc1N. The number of nitrogens with zero attached hydrogens (tertiary/aromatic N) is 1. The van der Waals surface area contributed by atoms with Crippen molar-refractivity contribution in [1.29, 1.82) is 0 Å². The van der Waals surface area contributed by atoms with Gasteiger partial charge in [-0.1, -0.05) is 0 Å². The van der Waals surface area contributed by atoms with Crippen LogP contribution in [0.4, 0.5) is 30.2 Å². The number of benzene rings is 1. The van der Waals surface area contributed by atoms with Crippen LogP contribution in [0.2, 0.25) is 0 Å². The van der Waals surface area contributed by atoms with Crippen LogP contribution in [0.15, 0.2) is 12.1 Å². The molecule has 0 atom stereocenters. The van der Waals surface area contributed by atoms with Gasteiger partial charge in [-0.2, -0.15) is 13.2 Å². The zero-order valence-corrected chi connectivity index (χ0v) is 17.4. The lowest BCUT2D eigenvalue weighted by molar-refractivity contribution is -0.182. The fourth-order valence-corrected chi connectivity index (χ4v) is 4.99. The molecule has 1 aliphatic heterocycles. The fraction of sp³-hybridized carbons (Fsp3) is 0.682. The van der Waals surface area contributed by atoms with Gasteiger partial charge < -0.3 is 21.3 Å². The minimum atomic E-state index is -4.15. The second-order valence-electron chi connectivity index (χ2n) is 9.26. The van der Waals surface area contributed by atoms with E-state index in [0.717, 1.165) is 37.3 Å². The van der Waals surface area contributed by atoms with Crippen molar-refractivity contribution in [2.24, 2.45) is 11.3 Å². The van der Waals surface area contributed by atoms with Gasteiger partial charge in [0.15, 0.2) is 0 Å². The third-order valence-corrected chi connectivity index (χ3v) is 7.33. The Bertz CT molecular complexity index is 788. The lowest BCUT2D eigenvalue weighted by Gasteiger charge is -2.35. The van der Waals surface area contributed by atoms with Crippen molar-refractivity contribution in [3.63, 3.8) is 0 Å². The molecule has 1 spiro atoms. The van der Waals surface area contributed by atoms with Gasteiger partial charge in [0.1, 0.15) is 0 Å². The van der Waals surface area contributed by atoms with Gasteiger partial charge in [0.05, 0.1) is 28.5 Å². The molecule has 4 rings (SSSR count). The van der Waals surface area contributed by atoms with Gasteiger partial charge in [-0.25, -0.2) is 0 Å². The molecule has 8 heteroatoms. The Morgan fingerprint density at radius 2 is 1.73 bits per heavy atom. The number of rotatable bonds is 4. The topological polar surface area (TPSA) is 70.4 Å². The summed E-state index contributed by atoms with van der Waals surface area (Å²) < 4.78 is 38.8. The van der Waals surface area contributed by atoms with E-state index in [2.05, 4.69) is 15.5 Å². The summed E-state index contributed by atoms with van der Waals surface area (Å²) in [5.41, 5.74) is 9.29. The summed E-state index contributed by atoms with van der Waals surface area (Å²) >= 11 is 0. The minimum absolute atomic E-state index is 0.0658. The minimum Gasteiger partial charge on any atom is -0.397 e. The van der Waals surface area contributed by atoms with Crippen LogP contribution in [-0.4, -0.2) is 38.3 Å². The van der Waals surface area contributed by atoms with E-state index in [-0.39, 0.29) is 24.8 Å². The second-order valence-corrected chi connectivity index (χ2v) is 9.26. The molecule has 5 nitrogen and oxygen atoms in total. The molecule has 1 aromatic rings. The van der Waals surface area contributed by atoms with Gasteiger partial charge in [-0.3, -0.25) is 4.79 Å². The van der Waals surface area contributed by atoms with Crippen molar-refractivity contribution in [1.82, 2.24) is 5.32 Å². The molecule has 2 aliphatic carbocycles. The molecule has 1 amide bonds. The summed E-state index contributed by atoms with van der Waals surface area (Å²) in [7, 11) is 1.80. The molecule has 166 valence electrons. The van der Waals surface area contributed by atoms with E-state index in [0.29, 0.717) is 29.5 Å². The van der Waals surface area contributed by atoms with E-state index in [1.807, 2.05) is 6.07 Å². The summed E-state index contributed by atoms with van der Waals surface area (Å²) in [6, 6.07) is 3.39. The summed E-state index contributed by atoms with van der Waals surface area (Å²) in [6.07, 6.45) is 1.56. The third-order valence-electron chi connectivity index (χ3n) is 7.33. The molecule has 4 N–H and O–H groups in total. The highest BCUT2D eigenvalue weighted by atomic mass is 19.4. The predicted octanol–water partition coefficient (Wildman–Crippen LogP) is 4.54. The maximum absolute atomic E-state index is 13.1. The molecule has 30 heavy (non-hydrogen) atoms. The monoisotopic (exact) mass is 424 g/mol. The molecule has 3 aliphatic rings. The largest absolute Gasteiger partial charge is 0.397 e. The number of nitrogens with two attached hydrogens (primary N) is 1. The first-order valence-electron chi connectivity index (χ1n) is 10.9. The fourth-order valence-electron chi connectivity index (χ4n) is 4.99. The van der Waals surface area contributed by atoms with Crippen molar-refractivity contribution >= 4 is 23.0 Å². The Balaban J connectivity index is 1.48. The van der Waals surface area contributed by atoms with E-state index in [4.69, 9.17) is 5.73 Å². The normalized spacial score (nSPS) is 25.8. The highest BCUT2D eigenvalue weighted by molar-refractivity contribution is 6.02. The first-order chi connectivity index (χ1) is 14.2.